The number of nitrogens with zero attached hydrogens (tertiary/aromatic N) is 2. The molecule has 0 bridgehead atoms. The molecule has 0 N–H and O–H groups in total. The van der Waals surface area contributed by atoms with Crippen molar-refractivity contribution in [1.82, 2.24) is 0 Å². The topological polar surface area (TPSA) is 59.0 Å². The first-order valence-electron chi connectivity index (χ1n) is 8.40. The van der Waals surface area contributed by atoms with E-state index in [1.807, 2.05) is 0 Å². The zero-order valence-corrected chi connectivity index (χ0v) is 15.7. The molecule has 2 aliphatic rings. The molecule has 1 fully saturated rings. The van der Waals surface area contributed by atoms with Gasteiger partial charge in [-0.15, -0.1) is 0 Å². The van der Waals surface area contributed by atoms with Gasteiger partial charge in [0.15, 0.2) is 5.70 Å². The first-order valence-corrected chi connectivity index (χ1v) is 9.19. The highest BCUT2D eigenvalue weighted by molar-refractivity contribution is 9.10. The summed E-state index contributed by atoms with van der Waals surface area (Å²) in [6.45, 7) is 0.708. The molecule has 0 spiro atoms. The van der Waals surface area contributed by atoms with Gasteiger partial charge in [0.25, 0.3) is 0 Å². The molecule has 7 heteroatoms. The lowest BCUT2D eigenvalue weighted by molar-refractivity contribution is -0.130. The summed E-state index contributed by atoms with van der Waals surface area (Å²) in [6, 6.07) is 11.6. The number of carbonyl (C=O) groups excluding carboxylic acids is 2. The van der Waals surface area contributed by atoms with Crippen LogP contribution in [0.5, 0.6) is 0 Å². The average Bonchev–Trinajstić information content (AvgIpc) is 3.23. The normalized spacial score (nSPS) is 18.2. The summed E-state index contributed by atoms with van der Waals surface area (Å²) < 4.78 is 19.8. The number of amides is 1. The van der Waals surface area contributed by atoms with Gasteiger partial charge in [-0.1, -0.05) is 22.0 Å². The number of hydrogen-bond acceptors (Lipinski definition) is 4. The van der Waals surface area contributed by atoms with Gasteiger partial charge in [0.2, 0.25) is 11.8 Å². The minimum atomic E-state index is -0.633. The number of halogens is 2. The summed E-state index contributed by atoms with van der Waals surface area (Å²) in [4.78, 5) is 29.8. The molecule has 0 atom stereocenters. The Morgan fingerprint density at radius 3 is 2.59 bits per heavy atom. The minimum Gasteiger partial charge on any atom is -0.402 e. The van der Waals surface area contributed by atoms with Crippen LogP contribution in [0.3, 0.4) is 0 Å². The van der Waals surface area contributed by atoms with Gasteiger partial charge in [-0.3, -0.25) is 4.79 Å². The summed E-state index contributed by atoms with van der Waals surface area (Å²) in [5.74, 6) is -0.837. The van der Waals surface area contributed by atoms with E-state index >= 15 is 0 Å². The Morgan fingerprint density at radius 2 is 1.93 bits per heavy atom. The molecule has 2 aromatic carbocycles. The fraction of sp³-hybridized carbons (Fsp3) is 0.150. The predicted octanol–water partition coefficient (Wildman–Crippen LogP) is 4.06. The molecule has 2 aromatic rings. The van der Waals surface area contributed by atoms with Crippen molar-refractivity contribution in [2.45, 2.75) is 12.8 Å². The largest absolute Gasteiger partial charge is 0.402 e. The number of rotatable bonds is 3. The van der Waals surface area contributed by atoms with Gasteiger partial charge in [-0.25, -0.2) is 14.2 Å². The molecule has 1 saturated heterocycles. The molecule has 2 heterocycles. The SMILES string of the molecule is O=C1OC(c2ccc(N3CCCC3=O)cc2)=NC1=Cc1ccc(Br)cc1F. The van der Waals surface area contributed by atoms with Crippen molar-refractivity contribution in [2.75, 3.05) is 11.4 Å². The highest BCUT2D eigenvalue weighted by Crippen LogP contribution is 2.25. The molecule has 0 aromatic heterocycles. The summed E-state index contributed by atoms with van der Waals surface area (Å²) in [7, 11) is 0. The smallest absolute Gasteiger partial charge is 0.363 e. The van der Waals surface area contributed by atoms with Crippen LogP contribution in [0.4, 0.5) is 10.1 Å². The number of anilines is 1. The van der Waals surface area contributed by atoms with Crippen LogP contribution >= 0.6 is 15.9 Å². The number of esters is 1. The van der Waals surface area contributed by atoms with Gasteiger partial charge in [0, 0.05) is 34.3 Å². The van der Waals surface area contributed by atoms with Crippen LogP contribution in [0.25, 0.3) is 6.08 Å². The number of carbonyl (C=O) groups is 2. The van der Waals surface area contributed by atoms with Crippen LogP contribution in [0.1, 0.15) is 24.0 Å². The first-order chi connectivity index (χ1) is 13.0. The van der Waals surface area contributed by atoms with Crippen LogP contribution < -0.4 is 4.90 Å². The van der Waals surface area contributed by atoms with Crippen LogP contribution in [0.15, 0.2) is 57.6 Å². The van der Waals surface area contributed by atoms with E-state index in [1.54, 1.807) is 41.3 Å². The van der Waals surface area contributed by atoms with E-state index in [-0.39, 0.29) is 23.1 Å². The van der Waals surface area contributed by atoms with E-state index in [1.165, 1.54) is 12.1 Å². The third-order valence-electron chi connectivity index (χ3n) is 4.37. The van der Waals surface area contributed by atoms with Crippen molar-refractivity contribution in [1.29, 1.82) is 0 Å². The third kappa shape index (κ3) is 3.55. The van der Waals surface area contributed by atoms with Crippen molar-refractivity contribution >= 4 is 45.5 Å². The van der Waals surface area contributed by atoms with E-state index < -0.39 is 11.8 Å². The predicted molar refractivity (Wildman–Crippen MR) is 103 cm³/mol. The van der Waals surface area contributed by atoms with Crippen LogP contribution in [-0.2, 0) is 14.3 Å². The molecular formula is C20H14BrFN2O3. The molecule has 4 rings (SSSR count). The Morgan fingerprint density at radius 1 is 1.15 bits per heavy atom. The van der Waals surface area contributed by atoms with Gasteiger partial charge in [-0.2, -0.15) is 0 Å². The summed E-state index contributed by atoms with van der Waals surface area (Å²) in [6.07, 6.45) is 2.77. The second-order valence-electron chi connectivity index (χ2n) is 6.20. The molecule has 27 heavy (non-hydrogen) atoms. The van der Waals surface area contributed by atoms with Crippen molar-refractivity contribution in [3.8, 4) is 0 Å². The Labute approximate surface area is 163 Å². The van der Waals surface area contributed by atoms with Crippen LogP contribution in [0.2, 0.25) is 0 Å². The average molecular weight is 429 g/mol. The van der Waals surface area contributed by atoms with E-state index in [4.69, 9.17) is 4.74 Å². The Balaban J connectivity index is 1.59. The Hall–Kier alpha value is -2.80. The molecule has 0 radical (unpaired) electrons. The highest BCUT2D eigenvalue weighted by atomic mass is 79.9. The Bertz CT molecular complexity index is 999. The minimum absolute atomic E-state index is 0.0324. The van der Waals surface area contributed by atoms with Crippen LogP contribution in [0, 0.1) is 5.82 Å². The number of hydrogen-bond donors (Lipinski definition) is 0. The Kier molecular flexibility index (Phi) is 4.61. The molecular weight excluding hydrogens is 415 g/mol. The highest BCUT2D eigenvalue weighted by Gasteiger charge is 2.26. The number of ether oxygens (including phenoxy) is 1. The molecule has 0 unspecified atom stereocenters. The van der Waals surface area contributed by atoms with Gasteiger partial charge in [0.05, 0.1) is 0 Å². The lowest BCUT2D eigenvalue weighted by Gasteiger charge is -2.15. The van der Waals surface area contributed by atoms with Gasteiger partial charge < -0.3 is 9.64 Å². The number of cyclic esters (lactones) is 1. The summed E-state index contributed by atoms with van der Waals surface area (Å²) in [5.41, 5.74) is 1.69. The third-order valence-corrected chi connectivity index (χ3v) is 4.87. The van der Waals surface area contributed by atoms with E-state index in [0.717, 1.165) is 12.1 Å². The first kappa shape index (κ1) is 17.6. The fourth-order valence-corrected chi connectivity index (χ4v) is 3.34. The molecule has 5 nitrogen and oxygen atoms in total. The quantitative estimate of drug-likeness (QED) is 0.546. The maximum absolute atomic E-state index is 14.0. The maximum Gasteiger partial charge on any atom is 0.363 e. The van der Waals surface area contributed by atoms with Crippen molar-refractivity contribution in [3.63, 3.8) is 0 Å². The van der Waals surface area contributed by atoms with Crippen LogP contribution in [-0.4, -0.2) is 24.3 Å². The molecule has 0 saturated carbocycles. The number of benzene rings is 2. The molecule has 0 aliphatic carbocycles. The van der Waals surface area contributed by atoms with Gasteiger partial charge >= 0.3 is 5.97 Å². The lowest BCUT2D eigenvalue weighted by atomic mass is 10.2. The molecule has 2 aliphatic heterocycles. The summed E-state index contributed by atoms with van der Waals surface area (Å²) in [5, 5.41) is 0. The maximum atomic E-state index is 14.0. The zero-order valence-electron chi connectivity index (χ0n) is 14.1. The molecule has 1 amide bonds. The van der Waals surface area contributed by atoms with Gasteiger partial charge in [-0.05, 0) is 48.9 Å². The van der Waals surface area contributed by atoms with Gasteiger partial charge in [0.1, 0.15) is 5.82 Å². The summed E-state index contributed by atoms with van der Waals surface area (Å²) >= 11 is 3.19. The zero-order chi connectivity index (χ0) is 19.0. The standard InChI is InChI=1S/C20H14BrFN2O3/c21-14-6-3-13(16(22)11-14)10-17-20(26)27-19(23-17)12-4-7-15(8-5-12)24-9-1-2-18(24)25/h3-8,10-11H,1-2,9H2. The van der Waals surface area contributed by atoms with Crippen molar-refractivity contribution in [2.24, 2.45) is 4.99 Å². The van der Waals surface area contributed by atoms with Crippen molar-refractivity contribution < 1.29 is 18.7 Å². The second kappa shape index (κ2) is 7.08. The fourth-order valence-electron chi connectivity index (χ4n) is 3.00. The second-order valence-corrected chi connectivity index (χ2v) is 7.11. The van der Waals surface area contributed by atoms with E-state index in [9.17, 15) is 14.0 Å². The van der Waals surface area contributed by atoms with E-state index in [0.29, 0.717) is 23.0 Å². The van der Waals surface area contributed by atoms with E-state index in [2.05, 4.69) is 20.9 Å². The van der Waals surface area contributed by atoms with Crippen molar-refractivity contribution in [3.05, 3.63) is 69.6 Å². The monoisotopic (exact) mass is 428 g/mol. The molecule has 136 valence electrons. The lowest BCUT2D eigenvalue weighted by Crippen LogP contribution is -2.23. The number of aliphatic imine (C=N–C) groups is 1.